The minimum atomic E-state index is -0.511. The van der Waals surface area contributed by atoms with Gasteiger partial charge in [-0.05, 0) is 55.3 Å². The minimum absolute atomic E-state index is 0.0145. The molecule has 0 bridgehead atoms. The molecule has 3 nitrogen and oxygen atoms in total. The first-order valence-electron chi connectivity index (χ1n) is 8.24. The van der Waals surface area contributed by atoms with Crippen LogP contribution in [0.2, 0.25) is 5.02 Å². The lowest BCUT2D eigenvalue weighted by atomic mass is 9.96. The van der Waals surface area contributed by atoms with Crippen molar-refractivity contribution in [3.05, 3.63) is 64.7 Å². The third-order valence-corrected chi connectivity index (χ3v) is 4.67. The number of hydrogen-bond acceptors (Lipinski definition) is 2. The predicted molar refractivity (Wildman–Crippen MR) is 94.4 cm³/mol. The van der Waals surface area contributed by atoms with Crippen LogP contribution in [0, 0.1) is 17.6 Å². The maximum Gasteiger partial charge on any atom is 0.228 e. The van der Waals surface area contributed by atoms with E-state index in [1.807, 2.05) is 0 Å². The molecule has 2 aromatic rings. The molecular weight excluding hydrogens is 346 g/mol. The van der Waals surface area contributed by atoms with Crippen LogP contribution >= 0.6 is 11.6 Å². The Morgan fingerprint density at radius 3 is 2.68 bits per heavy atom. The summed E-state index contributed by atoms with van der Waals surface area (Å²) in [5.74, 6) is -0.995. The van der Waals surface area contributed by atoms with Crippen LogP contribution in [0.3, 0.4) is 0 Å². The number of anilines is 1. The van der Waals surface area contributed by atoms with Gasteiger partial charge in [-0.1, -0.05) is 23.7 Å². The van der Waals surface area contributed by atoms with Crippen LogP contribution in [-0.2, 0) is 11.3 Å². The van der Waals surface area contributed by atoms with Gasteiger partial charge in [0.25, 0.3) is 0 Å². The number of hydrogen-bond donors (Lipinski definition) is 1. The van der Waals surface area contributed by atoms with Gasteiger partial charge in [0.2, 0.25) is 5.91 Å². The Bertz CT molecular complexity index is 752. The Balaban J connectivity index is 1.59. The van der Waals surface area contributed by atoms with E-state index in [9.17, 15) is 13.6 Å². The number of carbonyl (C=O) groups excluding carboxylic acids is 1. The van der Waals surface area contributed by atoms with Gasteiger partial charge in [-0.15, -0.1) is 0 Å². The number of amides is 1. The van der Waals surface area contributed by atoms with Crippen molar-refractivity contribution in [1.82, 2.24) is 4.90 Å². The SMILES string of the molecule is O=C(Nc1ccc(F)c(Cl)c1)C1CCCN(Cc2ccc(F)cc2)C1. The molecule has 0 radical (unpaired) electrons. The van der Waals surface area contributed by atoms with Crippen molar-refractivity contribution in [3.8, 4) is 0 Å². The zero-order valence-corrected chi connectivity index (χ0v) is 14.4. The summed E-state index contributed by atoms with van der Waals surface area (Å²) in [7, 11) is 0. The van der Waals surface area contributed by atoms with Gasteiger partial charge in [-0.25, -0.2) is 8.78 Å². The largest absolute Gasteiger partial charge is 0.326 e. The molecule has 0 spiro atoms. The average molecular weight is 365 g/mol. The second-order valence-corrected chi connectivity index (χ2v) is 6.73. The van der Waals surface area contributed by atoms with Gasteiger partial charge in [0.05, 0.1) is 10.9 Å². The van der Waals surface area contributed by atoms with E-state index in [0.717, 1.165) is 24.9 Å². The first-order chi connectivity index (χ1) is 12.0. The molecule has 3 rings (SSSR count). The molecule has 132 valence electrons. The van der Waals surface area contributed by atoms with Crippen molar-refractivity contribution < 1.29 is 13.6 Å². The fourth-order valence-electron chi connectivity index (χ4n) is 3.08. The number of nitrogens with zero attached hydrogens (tertiary/aromatic N) is 1. The fourth-order valence-corrected chi connectivity index (χ4v) is 3.26. The zero-order valence-electron chi connectivity index (χ0n) is 13.6. The van der Waals surface area contributed by atoms with E-state index >= 15 is 0 Å². The summed E-state index contributed by atoms with van der Waals surface area (Å²) in [5.41, 5.74) is 1.51. The lowest BCUT2D eigenvalue weighted by Gasteiger charge is -2.32. The standard InChI is InChI=1S/C19H19ClF2N2O/c20-17-10-16(7-8-18(17)22)23-19(25)14-2-1-9-24(12-14)11-13-3-5-15(21)6-4-13/h3-8,10,14H,1-2,9,11-12H2,(H,23,25). The molecule has 1 amide bonds. The van der Waals surface area contributed by atoms with Crippen LogP contribution in [0.15, 0.2) is 42.5 Å². The highest BCUT2D eigenvalue weighted by molar-refractivity contribution is 6.31. The monoisotopic (exact) mass is 364 g/mol. The highest BCUT2D eigenvalue weighted by Crippen LogP contribution is 2.23. The molecular formula is C19H19ClF2N2O. The Hall–Kier alpha value is -1.98. The average Bonchev–Trinajstić information content (AvgIpc) is 2.60. The van der Waals surface area contributed by atoms with Gasteiger partial charge in [0.1, 0.15) is 11.6 Å². The molecule has 1 aliphatic heterocycles. The van der Waals surface area contributed by atoms with E-state index < -0.39 is 5.82 Å². The predicted octanol–water partition coefficient (Wildman–Crippen LogP) is 4.47. The third-order valence-electron chi connectivity index (χ3n) is 4.38. The number of piperidine rings is 1. The summed E-state index contributed by atoms with van der Waals surface area (Å²) in [6.07, 6.45) is 1.73. The number of nitrogens with one attached hydrogen (secondary N) is 1. The number of halogens is 3. The Labute approximate surface area is 150 Å². The van der Waals surface area contributed by atoms with Crippen LogP contribution in [0.4, 0.5) is 14.5 Å². The lowest BCUT2D eigenvalue weighted by Crippen LogP contribution is -2.40. The van der Waals surface area contributed by atoms with Crippen molar-refractivity contribution in [3.63, 3.8) is 0 Å². The van der Waals surface area contributed by atoms with E-state index in [1.165, 1.54) is 30.3 Å². The highest BCUT2D eigenvalue weighted by atomic mass is 35.5. The number of likely N-dealkylation sites (tertiary alicyclic amines) is 1. The molecule has 1 saturated heterocycles. The summed E-state index contributed by atoms with van der Waals surface area (Å²) < 4.78 is 26.2. The highest BCUT2D eigenvalue weighted by Gasteiger charge is 2.26. The van der Waals surface area contributed by atoms with Crippen LogP contribution in [0.5, 0.6) is 0 Å². The fraction of sp³-hybridized carbons (Fsp3) is 0.316. The van der Waals surface area contributed by atoms with E-state index in [1.54, 1.807) is 12.1 Å². The molecule has 0 aliphatic carbocycles. The summed E-state index contributed by atoms with van der Waals surface area (Å²) in [6.45, 7) is 2.23. The number of benzene rings is 2. The molecule has 25 heavy (non-hydrogen) atoms. The van der Waals surface area contributed by atoms with Gasteiger partial charge in [0, 0.05) is 18.8 Å². The normalized spacial score (nSPS) is 18.1. The second kappa shape index (κ2) is 7.93. The minimum Gasteiger partial charge on any atom is -0.326 e. The summed E-state index contributed by atoms with van der Waals surface area (Å²) in [5, 5.41) is 2.79. The zero-order chi connectivity index (χ0) is 17.8. The molecule has 2 aromatic carbocycles. The van der Waals surface area contributed by atoms with Crippen LogP contribution in [0.25, 0.3) is 0 Å². The molecule has 1 atom stereocenters. The van der Waals surface area contributed by atoms with Crippen LogP contribution < -0.4 is 5.32 Å². The lowest BCUT2D eigenvalue weighted by molar-refractivity contribution is -0.121. The molecule has 1 unspecified atom stereocenters. The van der Waals surface area contributed by atoms with Crippen molar-refractivity contribution in [1.29, 1.82) is 0 Å². The molecule has 6 heteroatoms. The summed E-state index contributed by atoms with van der Waals surface area (Å²) >= 11 is 5.75. The summed E-state index contributed by atoms with van der Waals surface area (Å²) in [4.78, 5) is 14.7. The Kier molecular flexibility index (Phi) is 5.66. The number of rotatable bonds is 4. The third kappa shape index (κ3) is 4.77. The molecule has 1 heterocycles. The number of carbonyl (C=O) groups is 1. The molecule has 0 saturated carbocycles. The van der Waals surface area contributed by atoms with Crippen LogP contribution in [-0.4, -0.2) is 23.9 Å². The first kappa shape index (κ1) is 17.8. The van der Waals surface area contributed by atoms with E-state index in [2.05, 4.69) is 10.2 Å². The van der Waals surface area contributed by atoms with Gasteiger partial charge in [-0.2, -0.15) is 0 Å². The molecule has 1 N–H and O–H groups in total. The first-order valence-corrected chi connectivity index (χ1v) is 8.62. The maximum absolute atomic E-state index is 13.2. The molecule has 1 aliphatic rings. The quantitative estimate of drug-likeness (QED) is 0.868. The van der Waals surface area contributed by atoms with Crippen LogP contribution in [0.1, 0.15) is 18.4 Å². The van der Waals surface area contributed by atoms with E-state index in [0.29, 0.717) is 18.8 Å². The van der Waals surface area contributed by atoms with Gasteiger partial charge in [0.15, 0.2) is 0 Å². The van der Waals surface area contributed by atoms with Crippen molar-refractivity contribution in [2.75, 3.05) is 18.4 Å². The maximum atomic E-state index is 13.2. The van der Waals surface area contributed by atoms with Gasteiger partial charge >= 0.3 is 0 Å². The second-order valence-electron chi connectivity index (χ2n) is 6.32. The van der Waals surface area contributed by atoms with Gasteiger partial charge in [-0.3, -0.25) is 9.69 Å². The van der Waals surface area contributed by atoms with Crippen molar-refractivity contribution in [2.24, 2.45) is 5.92 Å². The van der Waals surface area contributed by atoms with E-state index in [4.69, 9.17) is 11.6 Å². The van der Waals surface area contributed by atoms with Gasteiger partial charge < -0.3 is 5.32 Å². The smallest absolute Gasteiger partial charge is 0.228 e. The Morgan fingerprint density at radius 2 is 1.96 bits per heavy atom. The molecule has 0 aromatic heterocycles. The molecule has 1 fully saturated rings. The van der Waals surface area contributed by atoms with E-state index in [-0.39, 0.29) is 22.7 Å². The van der Waals surface area contributed by atoms with Crippen molar-refractivity contribution in [2.45, 2.75) is 19.4 Å². The Morgan fingerprint density at radius 1 is 1.20 bits per heavy atom. The summed E-state index contributed by atoms with van der Waals surface area (Å²) in [6, 6.07) is 10.6. The van der Waals surface area contributed by atoms with Crippen molar-refractivity contribution >= 4 is 23.2 Å². The topological polar surface area (TPSA) is 32.3 Å².